The molecule has 1 aliphatic carbocycles. The van der Waals surface area contributed by atoms with Gasteiger partial charge in [-0.1, -0.05) is 29.8 Å². The summed E-state index contributed by atoms with van der Waals surface area (Å²) in [5, 5.41) is 15.7. The average molecular weight is 500 g/mol. The summed E-state index contributed by atoms with van der Waals surface area (Å²) in [6.07, 6.45) is 4.57. The average Bonchev–Trinajstić information content (AvgIpc) is 3.75. The topological polar surface area (TPSA) is 88.5 Å². The van der Waals surface area contributed by atoms with Crippen molar-refractivity contribution < 1.29 is 9.59 Å². The Labute approximate surface area is 219 Å². The first kappa shape index (κ1) is 25.4. The predicted octanol–water partition coefficient (Wildman–Crippen LogP) is 3.20. The second kappa shape index (κ2) is 11.5. The van der Waals surface area contributed by atoms with Gasteiger partial charge >= 0.3 is 0 Å². The van der Waals surface area contributed by atoms with Gasteiger partial charge < -0.3 is 20.4 Å². The van der Waals surface area contributed by atoms with Gasteiger partial charge in [-0.25, -0.2) is 0 Å². The highest BCUT2D eigenvalue weighted by Gasteiger charge is 2.38. The number of hydrogen-bond donors (Lipinski definition) is 2. The zero-order chi connectivity index (χ0) is 25.8. The summed E-state index contributed by atoms with van der Waals surface area (Å²) in [4.78, 5) is 31.3. The van der Waals surface area contributed by atoms with Crippen LogP contribution in [0, 0.1) is 18.3 Å². The van der Waals surface area contributed by atoms with Crippen LogP contribution in [0.25, 0.3) is 0 Å². The Morgan fingerprint density at radius 2 is 1.76 bits per heavy atom. The van der Waals surface area contributed by atoms with Gasteiger partial charge in [-0.15, -0.1) is 0 Å². The zero-order valence-corrected chi connectivity index (χ0v) is 21.7. The molecule has 1 saturated carbocycles. The zero-order valence-electron chi connectivity index (χ0n) is 21.7. The van der Waals surface area contributed by atoms with E-state index < -0.39 is 6.04 Å². The van der Waals surface area contributed by atoms with Crippen molar-refractivity contribution in [3.05, 3.63) is 70.8 Å². The molecule has 7 heteroatoms. The Bertz CT molecular complexity index is 1130. The van der Waals surface area contributed by atoms with Gasteiger partial charge in [0.2, 0.25) is 5.91 Å². The summed E-state index contributed by atoms with van der Waals surface area (Å²) in [7, 11) is 0. The maximum absolute atomic E-state index is 13.7. The van der Waals surface area contributed by atoms with Crippen LogP contribution in [-0.2, 0) is 4.79 Å². The third-order valence-electron chi connectivity index (χ3n) is 8.19. The minimum absolute atomic E-state index is 0.0414. The third kappa shape index (κ3) is 6.20. The standard InChI is InChI=1S/C30H37N5O2/c1-21-4-8-23(9-5-21)26-19-28(26)32-14-2-3-27(33-29(36)24-10-6-22(20-31)7-11-24)30(37)35-18-17-34-15-12-25(35)13-16-34/h4-11,25-28,32H,2-3,12-19H2,1H3,(H,33,36)/t26-,27-,28+/m0/s1. The van der Waals surface area contributed by atoms with Crippen molar-refractivity contribution in [1.29, 1.82) is 5.26 Å². The largest absolute Gasteiger partial charge is 0.340 e. The van der Waals surface area contributed by atoms with Crippen LogP contribution in [0.2, 0.25) is 0 Å². The number of carbonyl (C=O) groups is 2. The van der Waals surface area contributed by atoms with Crippen LogP contribution in [0.4, 0.5) is 0 Å². The van der Waals surface area contributed by atoms with Crippen LogP contribution >= 0.6 is 0 Å². The van der Waals surface area contributed by atoms with Crippen LogP contribution in [0.15, 0.2) is 48.5 Å². The number of nitriles is 1. The van der Waals surface area contributed by atoms with E-state index in [1.807, 2.05) is 4.90 Å². The van der Waals surface area contributed by atoms with E-state index in [-0.39, 0.29) is 17.9 Å². The maximum Gasteiger partial charge on any atom is 0.251 e. The summed E-state index contributed by atoms with van der Waals surface area (Å²) >= 11 is 0. The van der Waals surface area contributed by atoms with Gasteiger partial charge in [0, 0.05) is 49.7 Å². The lowest BCUT2D eigenvalue weighted by atomic mass is 10.0. The quantitative estimate of drug-likeness (QED) is 0.518. The van der Waals surface area contributed by atoms with Gasteiger partial charge in [0.1, 0.15) is 6.04 Å². The summed E-state index contributed by atoms with van der Waals surface area (Å²) < 4.78 is 0. The first-order valence-corrected chi connectivity index (χ1v) is 13.7. The first-order chi connectivity index (χ1) is 18.0. The van der Waals surface area contributed by atoms with Crippen molar-refractivity contribution in [2.45, 2.75) is 63.1 Å². The second-order valence-electron chi connectivity index (χ2n) is 10.8. The van der Waals surface area contributed by atoms with Crippen LogP contribution in [0.3, 0.4) is 0 Å². The van der Waals surface area contributed by atoms with Crippen molar-refractivity contribution in [3.8, 4) is 6.07 Å². The Balaban J connectivity index is 1.19. The van der Waals surface area contributed by atoms with E-state index in [4.69, 9.17) is 5.26 Å². The highest BCUT2D eigenvalue weighted by atomic mass is 16.2. The van der Waals surface area contributed by atoms with Crippen LogP contribution < -0.4 is 10.6 Å². The van der Waals surface area contributed by atoms with Gasteiger partial charge in [0.15, 0.2) is 0 Å². The van der Waals surface area contributed by atoms with Gasteiger partial charge in [-0.3, -0.25) is 9.59 Å². The van der Waals surface area contributed by atoms with Crippen LogP contribution in [0.1, 0.15) is 65.1 Å². The third-order valence-corrected chi connectivity index (χ3v) is 8.19. The minimum Gasteiger partial charge on any atom is -0.340 e. The lowest BCUT2D eigenvalue weighted by molar-refractivity contribution is -0.135. The van der Waals surface area contributed by atoms with Gasteiger partial charge in [-0.2, -0.15) is 5.26 Å². The number of nitrogens with zero attached hydrogens (tertiary/aromatic N) is 3. The van der Waals surface area contributed by atoms with E-state index in [1.54, 1.807) is 24.3 Å². The van der Waals surface area contributed by atoms with E-state index in [1.165, 1.54) is 11.1 Å². The molecule has 4 fully saturated rings. The fourth-order valence-electron chi connectivity index (χ4n) is 5.77. The number of piperidine rings is 1. The van der Waals surface area contributed by atoms with Gasteiger partial charge in [-0.05, 0) is 75.4 Å². The van der Waals surface area contributed by atoms with Crippen molar-refractivity contribution >= 4 is 11.8 Å². The number of benzene rings is 2. The summed E-state index contributed by atoms with van der Waals surface area (Å²) in [5.74, 6) is 0.344. The lowest BCUT2D eigenvalue weighted by Crippen LogP contribution is -2.52. The molecule has 0 radical (unpaired) electrons. The molecule has 6 rings (SSSR count). The summed E-state index contributed by atoms with van der Waals surface area (Å²) in [5.41, 5.74) is 3.64. The van der Waals surface area contributed by atoms with Crippen molar-refractivity contribution in [2.24, 2.45) is 0 Å². The predicted molar refractivity (Wildman–Crippen MR) is 143 cm³/mol. The molecule has 3 aliphatic heterocycles. The Hall–Kier alpha value is -3.21. The fourth-order valence-corrected chi connectivity index (χ4v) is 5.77. The molecule has 2 N–H and O–H groups in total. The molecule has 4 aliphatic rings. The number of rotatable bonds is 9. The molecule has 2 bridgehead atoms. The molecule has 3 saturated heterocycles. The number of carbonyl (C=O) groups excluding carboxylic acids is 2. The molecule has 0 spiro atoms. The number of nitrogens with one attached hydrogen (secondary N) is 2. The fraction of sp³-hybridized carbons (Fsp3) is 0.500. The number of aryl methyl sites for hydroxylation is 1. The van der Waals surface area contributed by atoms with E-state index in [0.717, 1.165) is 58.4 Å². The highest BCUT2D eigenvalue weighted by Crippen LogP contribution is 2.40. The van der Waals surface area contributed by atoms with Gasteiger partial charge in [0.05, 0.1) is 11.6 Å². The van der Waals surface area contributed by atoms with Crippen molar-refractivity contribution in [3.63, 3.8) is 0 Å². The molecule has 0 aromatic heterocycles. The molecular weight excluding hydrogens is 462 g/mol. The smallest absolute Gasteiger partial charge is 0.251 e. The lowest BCUT2D eigenvalue weighted by Gasteiger charge is -2.34. The molecule has 3 atom stereocenters. The number of hydrogen-bond acceptors (Lipinski definition) is 5. The molecule has 2 amide bonds. The molecule has 2 aromatic carbocycles. The van der Waals surface area contributed by atoms with E-state index >= 15 is 0 Å². The molecule has 0 unspecified atom stereocenters. The monoisotopic (exact) mass is 499 g/mol. The molecule has 194 valence electrons. The molecule has 3 heterocycles. The van der Waals surface area contributed by atoms with Crippen molar-refractivity contribution in [1.82, 2.24) is 20.4 Å². The Kier molecular flexibility index (Phi) is 7.87. The number of fused-ring (bicyclic) bond motifs is 4. The first-order valence-electron chi connectivity index (χ1n) is 13.7. The van der Waals surface area contributed by atoms with E-state index in [0.29, 0.717) is 29.5 Å². The van der Waals surface area contributed by atoms with Crippen LogP contribution in [-0.4, -0.2) is 72.5 Å². The Morgan fingerprint density at radius 3 is 2.46 bits per heavy atom. The normalized spacial score (nSPS) is 25.1. The molecule has 2 aromatic rings. The van der Waals surface area contributed by atoms with E-state index in [2.05, 4.69) is 52.8 Å². The van der Waals surface area contributed by atoms with E-state index in [9.17, 15) is 9.59 Å². The summed E-state index contributed by atoms with van der Waals surface area (Å²) in [6, 6.07) is 17.6. The maximum atomic E-state index is 13.7. The molecular formula is C30H37N5O2. The Morgan fingerprint density at radius 1 is 1.03 bits per heavy atom. The molecule has 37 heavy (non-hydrogen) atoms. The summed E-state index contributed by atoms with van der Waals surface area (Å²) in [6.45, 7) is 6.65. The highest BCUT2D eigenvalue weighted by molar-refractivity contribution is 5.97. The van der Waals surface area contributed by atoms with Crippen LogP contribution in [0.5, 0.6) is 0 Å². The SMILES string of the molecule is Cc1ccc([C@@H]2C[C@H]2NCCC[C@H](NC(=O)c2ccc(C#N)cc2)C(=O)N2CCN3CCC2CC3)cc1. The number of amides is 2. The minimum atomic E-state index is -0.552. The second-order valence-corrected chi connectivity index (χ2v) is 10.8. The molecule has 7 nitrogen and oxygen atoms in total. The van der Waals surface area contributed by atoms with Gasteiger partial charge in [0.25, 0.3) is 5.91 Å². The van der Waals surface area contributed by atoms with Crippen molar-refractivity contribution in [2.75, 3.05) is 32.7 Å².